The Hall–Kier alpha value is -0.530. The molecular weight excluding hydrogens is 208 g/mol. The molecule has 2 heteroatoms. The van der Waals surface area contributed by atoms with E-state index in [2.05, 4.69) is 12.1 Å². The molecule has 82 valence electrons. The van der Waals surface area contributed by atoms with Crippen LogP contribution in [0.4, 0.5) is 0 Å². The minimum Gasteiger partial charge on any atom is -0.390 e. The summed E-state index contributed by atoms with van der Waals surface area (Å²) >= 11 is 5.86. The minimum absolute atomic E-state index is 0.484. The van der Waals surface area contributed by atoms with Gasteiger partial charge in [-0.1, -0.05) is 23.7 Å². The van der Waals surface area contributed by atoms with Gasteiger partial charge in [0.1, 0.15) is 0 Å². The number of rotatable bonds is 1. The van der Waals surface area contributed by atoms with Crippen LogP contribution < -0.4 is 0 Å². The fraction of sp³-hybridized carbons (Fsp3) is 0.538. The second-order valence-corrected chi connectivity index (χ2v) is 5.28. The molecule has 1 aromatic rings. The SMILES string of the molecule is CC1(O)CCCC(c2ccc(Cl)cc2)C1. The molecule has 0 bridgehead atoms. The quantitative estimate of drug-likeness (QED) is 0.771. The average Bonchev–Trinajstić information content (AvgIpc) is 2.17. The standard InChI is InChI=1S/C13H17ClO/c1-13(15)8-2-3-11(9-13)10-4-6-12(14)7-5-10/h4-7,11,15H,2-3,8-9H2,1H3. The van der Waals surface area contributed by atoms with Crippen molar-refractivity contribution >= 4 is 11.6 Å². The van der Waals surface area contributed by atoms with E-state index in [9.17, 15) is 5.11 Å². The van der Waals surface area contributed by atoms with Crippen LogP contribution in [0.2, 0.25) is 5.02 Å². The second kappa shape index (κ2) is 4.15. The predicted octanol–water partition coefficient (Wildman–Crippen LogP) is 3.75. The topological polar surface area (TPSA) is 20.2 Å². The molecule has 0 radical (unpaired) electrons. The summed E-state index contributed by atoms with van der Waals surface area (Å²) in [6, 6.07) is 8.02. The monoisotopic (exact) mass is 224 g/mol. The van der Waals surface area contributed by atoms with Crippen molar-refractivity contribution in [2.45, 2.75) is 44.1 Å². The third-order valence-electron chi connectivity index (χ3n) is 3.30. The third kappa shape index (κ3) is 2.73. The Balaban J connectivity index is 2.13. The highest BCUT2D eigenvalue weighted by molar-refractivity contribution is 6.30. The molecule has 1 nitrogen and oxygen atoms in total. The Morgan fingerprint density at radius 1 is 1.33 bits per heavy atom. The lowest BCUT2D eigenvalue weighted by molar-refractivity contribution is 0.0145. The Morgan fingerprint density at radius 3 is 2.60 bits per heavy atom. The van der Waals surface area contributed by atoms with Crippen molar-refractivity contribution in [3.8, 4) is 0 Å². The fourth-order valence-electron chi connectivity index (χ4n) is 2.48. The van der Waals surface area contributed by atoms with Gasteiger partial charge in [-0.25, -0.2) is 0 Å². The largest absolute Gasteiger partial charge is 0.390 e. The molecule has 2 atom stereocenters. The number of hydrogen-bond acceptors (Lipinski definition) is 1. The van der Waals surface area contributed by atoms with Crippen molar-refractivity contribution in [1.29, 1.82) is 0 Å². The summed E-state index contributed by atoms with van der Waals surface area (Å²) in [7, 11) is 0. The van der Waals surface area contributed by atoms with Crippen LogP contribution in [-0.4, -0.2) is 10.7 Å². The van der Waals surface area contributed by atoms with E-state index in [0.717, 1.165) is 24.3 Å². The van der Waals surface area contributed by atoms with Gasteiger partial charge in [-0.05, 0) is 56.2 Å². The summed E-state index contributed by atoms with van der Waals surface area (Å²) in [5, 5.41) is 10.8. The molecule has 2 unspecified atom stereocenters. The van der Waals surface area contributed by atoms with Crippen molar-refractivity contribution in [1.82, 2.24) is 0 Å². The maximum atomic E-state index is 10.0. The van der Waals surface area contributed by atoms with E-state index >= 15 is 0 Å². The molecule has 1 aliphatic carbocycles. The van der Waals surface area contributed by atoms with Gasteiger partial charge in [0.2, 0.25) is 0 Å². The molecule has 15 heavy (non-hydrogen) atoms. The summed E-state index contributed by atoms with van der Waals surface area (Å²) in [4.78, 5) is 0. The van der Waals surface area contributed by atoms with Gasteiger partial charge in [0, 0.05) is 5.02 Å². The molecule has 0 aromatic heterocycles. The van der Waals surface area contributed by atoms with Crippen LogP contribution in [-0.2, 0) is 0 Å². The summed E-state index contributed by atoms with van der Waals surface area (Å²) in [5.74, 6) is 0.492. The molecule has 1 aromatic carbocycles. The van der Waals surface area contributed by atoms with Crippen molar-refractivity contribution in [3.05, 3.63) is 34.9 Å². The van der Waals surface area contributed by atoms with Gasteiger partial charge >= 0.3 is 0 Å². The van der Waals surface area contributed by atoms with Gasteiger partial charge in [0.15, 0.2) is 0 Å². The molecule has 2 rings (SSSR count). The predicted molar refractivity (Wildman–Crippen MR) is 63.3 cm³/mol. The van der Waals surface area contributed by atoms with Gasteiger partial charge in [0.05, 0.1) is 5.60 Å². The summed E-state index contributed by atoms with van der Waals surface area (Å²) < 4.78 is 0. The first kappa shape index (κ1) is 11.0. The Labute approximate surface area is 96.1 Å². The molecule has 0 heterocycles. The van der Waals surface area contributed by atoms with Gasteiger partial charge in [0.25, 0.3) is 0 Å². The zero-order valence-electron chi connectivity index (χ0n) is 9.04. The molecule has 1 N–H and O–H groups in total. The van der Waals surface area contributed by atoms with Gasteiger partial charge in [-0.3, -0.25) is 0 Å². The van der Waals surface area contributed by atoms with Gasteiger partial charge in [-0.2, -0.15) is 0 Å². The molecular formula is C13H17ClO. The van der Waals surface area contributed by atoms with Crippen LogP contribution in [0.15, 0.2) is 24.3 Å². The number of aliphatic hydroxyl groups is 1. The summed E-state index contributed by atoms with van der Waals surface area (Å²) in [6.07, 6.45) is 4.09. The number of halogens is 1. The smallest absolute Gasteiger partial charge is 0.0625 e. The third-order valence-corrected chi connectivity index (χ3v) is 3.55. The Morgan fingerprint density at radius 2 is 2.00 bits per heavy atom. The van der Waals surface area contributed by atoms with E-state index in [1.54, 1.807) is 0 Å². The van der Waals surface area contributed by atoms with E-state index < -0.39 is 5.60 Å². The maximum absolute atomic E-state index is 10.0. The highest BCUT2D eigenvalue weighted by Gasteiger charge is 2.30. The molecule has 0 amide bonds. The van der Waals surface area contributed by atoms with Crippen LogP contribution in [0, 0.1) is 0 Å². The van der Waals surface area contributed by atoms with E-state index in [-0.39, 0.29) is 0 Å². The number of hydrogen-bond donors (Lipinski definition) is 1. The maximum Gasteiger partial charge on any atom is 0.0625 e. The number of benzene rings is 1. The summed E-state index contributed by atoms with van der Waals surface area (Å²) in [6.45, 7) is 1.94. The zero-order chi connectivity index (χ0) is 10.9. The van der Waals surface area contributed by atoms with E-state index in [0.29, 0.717) is 5.92 Å². The first-order chi connectivity index (χ1) is 7.07. The van der Waals surface area contributed by atoms with Crippen LogP contribution >= 0.6 is 11.6 Å². The van der Waals surface area contributed by atoms with Crippen molar-refractivity contribution in [2.24, 2.45) is 0 Å². The molecule has 1 aliphatic rings. The first-order valence-electron chi connectivity index (χ1n) is 5.55. The van der Waals surface area contributed by atoms with Crippen LogP contribution in [0.3, 0.4) is 0 Å². The van der Waals surface area contributed by atoms with Crippen LogP contribution in [0.25, 0.3) is 0 Å². The van der Waals surface area contributed by atoms with Gasteiger partial charge < -0.3 is 5.11 Å². The minimum atomic E-state index is -0.484. The Bertz CT molecular complexity index is 329. The molecule has 0 spiro atoms. The van der Waals surface area contributed by atoms with Crippen molar-refractivity contribution < 1.29 is 5.11 Å². The lowest BCUT2D eigenvalue weighted by Gasteiger charge is -2.34. The average molecular weight is 225 g/mol. The van der Waals surface area contributed by atoms with E-state index in [4.69, 9.17) is 11.6 Å². The van der Waals surface area contributed by atoms with Crippen LogP contribution in [0.1, 0.15) is 44.1 Å². The Kier molecular flexibility index (Phi) is 3.03. The molecule has 0 aliphatic heterocycles. The van der Waals surface area contributed by atoms with E-state index in [1.165, 1.54) is 12.0 Å². The van der Waals surface area contributed by atoms with Gasteiger partial charge in [-0.15, -0.1) is 0 Å². The highest BCUT2D eigenvalue weighted by atomic mass is 35.5. The lowest BCUT2D eigenvalue weighted by Crippen LogP contribution is -2.30. The fourth-order valence-corrected chi connectivity index (χ4v) is 2.61. The normalized spacial score (nSPS) is 31.5. The molecule has 0 saturated heterocycles. The highest BCUT2D eigenvalue weighted by Crippen LogP contribution is 2.38. The zero-order valence-corrected chi connectivity index (χ0v) is 9.80. The van der Waals surface area contributed by atoms with Crippen molar-refractivity contribution in [3.63, 3.8) is 0 Å². The molecule has 1 fully saturated rings. The van der Waals surface area contributed by atoms with Crippen LogP contribution in [0.5, 0.6) is 0 Å². The van der Waals surface area contributed by atoms with E-state index in [1.807, 2.05) is 19.1 Å². The lowest BCUT2D eigenvalue weighted by atomic mass is 9.76. The van der Waals surface area contributed by atoms with Crippen molar-refractivity contribution in [2.75, 3.05) is 0 Å². The second-order valence-electron chi connectivity index (χ2n) is 4.84. The first-order valence-corrected chi connectivity index (χ1v) is 5.92. The molecule has 1 saturated carbocycles. The summed E-state index contributed by atoms with van der Waals surface area (Å²) in [5.41, 5.74) is 0.821.